The van der Waals surface area contributed by atoms with Gasteiger partial charge in [-0.15, -0.1) is 0 Å². The van der Waals surface area contributed by atoms with E-state index >= 15 is 0 Å². The summed E-state index contributed by atoms with van der Waals surface area (Å²) in [6.07, 6.45) is 4.63. The average Bonchev–Trinajstić information content (AvgIpc) is 3.11. The molecular formula is C23H33N3O2. The van der Waals surface area contributed by atoms with E-state index < -0.39 is 0 Å². The number of likely N-dealkylation sites (tertiary alicyclic amines) is 3. The zero-order valence-electron chi connectivity index (χ0n) is 17.1. The second-order valence-electron chi connectivity index (χ2n) is 8.95. The summed E-state index contributed by atoms with van der Waals surface area (Å²) in [5.41, 5.74) is 1.35. The van der Waals surface area contributed by atoms with Crippen LogP contribution in [0.1, 0.15) is 44.6 Å². The lowest BCUT2D eigenvalue weighted by molar-refractivity contribution is -0.137. The van der Waals surface area contributed by atoms with Crippen molar-refractivity contribution in [3.8, 4) is 0 Å². The van der Waals surface area contributed by atoms with Crippen LogP contribution in [0.4, 0.5) is 0 Å². The Labute approximate surface area is 168 Å². The topological polar surface area (TPSA) is 43.9 Å². The summed E-state index contributed by atoms with van der Waals surface area (Å²) in [4.78, 5) is 32.0. The summed E-state index contributed by atoms with van der Waals surface area (Å²) in [6.45, 7) is 7.64. The van der Waals surface area contributed by atoms with Crippen LogP contribution in [0.2, 0.25) is 0 Å². The largest absolute Gasteiger partial charge is 0.342 e. The number of carbonyl (C=O) groups is 2. The molecule has 0 bridgehead atoms. The van der Waals surface area contributed by atoms with Gasteiger partial charge in [0.1, 0.15) is 0 Å². The normalized spacial score (nSPS) is 25.5. The maximum Gasteiger partial charge on any atom is 0.227 e. The number of amides is 2. The van der Waals surface area contributed by atoms with Gasteiger partial charge in [0.05, 0.1) is 5.92 Å². The van der Waals surface area contributed by atoms with Gasteiger partial charge in [0.2, 0.25) is 11.8 Å². The average molecular weight is 384 g/mol. The summed E-state index contributed by atoms with van der Waals surface area (Å²) < 4.78 is 0. The first-order chi connectivity index (χ1) is 13.6. The van der Waals surface area contributed by atoms with E-state index in [4.69, 9.17) is 0 Å². The molecule has 3 heterocycles. The first kappa shape index (κ1) is 19.4. The zero-order valence-corrected chi connectivity index (χ0v) is 17.1. The summed E-state index contributed by atoms with van der Waals surface area (Å²) in [7, 11) is 0. The second kappa shape index (κ2) is 8.64. The fourth-order valence-corrected chi connectivity index (χ4v) is 4.97. The van der Waals surface area contributed by atoms with Crippen LogP contribution in [0, 0.1) is 11.8 Å². The van der Waals surface area contributed by atoms with Crippen LogP contribution in [-0.2, 0) is 16.1 Å². The maximum atomic E-state index is 12.9. The molecule has 0 aromatic heterocycles. The van der Waals surface area contributed by atoms with E-state index in [1.165, 1.54) is 5.56 Å². The molecule has 3 aliphatic rings. The maximum absolute atomic E-state index is 12.9. The molecule has 3 saturated heterocycles. The molecular weight excluding hydrogens is 350 g/mol. The standard InChI is InChI=1S/C23H33N3O2/c1-18-7-13-25(14-8-18)23(28)20-15-22(27)26(17-20)21-9-11-24(12-10-21)16-19-5-3-2-4-6-19/h2-6,18,20-21H,7-17H2,1H3. The number of rotatable bonds is 4. The molecule has 5 nitrogen and oxygen atoms in total. The van der Waals surface area contributed by atoms with Crippen LogP contribution in [-0.4, -0.2) is 65.3 Å². The number of hydrogen-bond acceptors (Lipinski definition) is 3. The first-order valence-electron chi connectivity index (χ1n) is 10.9. The molecule has 0 N–H and O–H groups in total. The molecule has 1 atom stereocenters. The van der Waals surface area contributed by atoms with E-state index in [0.29, 0.717) is 24.9 Å². The molecule has 1 unspecified atom stereocenters. The Hall–Kier alpha value is -1.88. The van der Waals surface area contributed by atoms with Crippen LogP contribution in [0.25, 0.3) is 0 Å². The predicted molar refractivity (Wildman–Crippen MR) is 110 cm³/mol. The number of benzene rings is 1. The van der Waals surface area contributed by atoms with Crippen molar-refractivity contribution < 1.29 is 9.59 Å². The van der Waals surface area contributed by atoms with Gasteiger partial charge in [-0.3, -0.25) is 14.5 Å². The summed E-state index contributed by atoms with van der Waals surface area (Å²) >= 11 is 0. The van der Waals surface area contributed by atoms with Crippen LogP contribution in [0.15, 0.2) is 30.3 Å². The van der Waals surface area contributed by atoms with Gasteiger partial charge in [-0.2, -0.15) is 0 Å². The van der Waals surface area contributed by atoms with Gasteiger partial charge >= 0.3 is 0 Å². The van der Waals surface area contributed by atoms with Crippen molar-refractivity contribution in [2.45, 2.75) is 51.6 Å². The Morgan fingerprint density at radius 3 is 2.36 bits per heavy atom. The minimum absolute atomic E-state index is 0.122. The Balaban J connectivity index is 1.27. The predicted octanol–water partition coefficient (Wildman–Crippen LogP) is 2.76. The first-order valence-corrected chi connectivity index (χ1v) is 10.9. The molecule has 152 valence electrons. The molecule has 1 aromatic rings. The monoisotopic (exact) mass is 383 g/mol. The minimum Gasteiger partial charge on any atom is -0.342 e. The smallest absolute Gasteiger partial charge is 0.227 e. The highest BCUT2D eigenvalue weighted by Crippen LogP contribution is 2.28. The fraction of sp³-hybridized carbons (Fsp3) is 0.652. The van der Waals surface area contributed by atoms with Crippen LogP contribution < -0.4 is 0 Å². The summed E-state index contributed by atoms with van der Waals surface area (Å²) in [5, 5.41) is 0. The molecule has 2 amide bonds. The number of carbonyl (C=O) groups excluding carboxylic acids is 2. The van der Waals surface area contributed by atoms with Crippen molar-refractivity contribution in [3.63, 3.8) is 0 Å². The van der Waals surface area contributed by atoms with Crippen molar-refractivity contribution >= 4 is 11.8 Å². The quantitative estimate of drug-likeness (QED) is 0.803. The van der Waals surface area contributed by atoms with Crippen LogP contribution in [0.3, 0.4) is 0 Å². The van der Waals surface area contributed by atoms with Gasteiger partial charge in [-0.25, -0.2) is 0 Å². The van der Waals surface area contributed by atoms with Crippen LogP contribution >= 0.6 is 0 Å². The van der Waals surface area contributed by atoms with Gasteiger partial charge < -0.3 is 9.80 Å². The Kier molecular flexibility index (Phi) is 6.00. The highest BCUT2D eigenvalue weighted by atomic mass is 16.2. The molecule has 3 aliphatic heterocycles. The van der Waals surface area contributed by atoms with Gasteiger partial charge in [-0.1, -0.05) is 37.3 Å². The Morgan fingerprint density at radius 1 is 1.00 bits per heavy atom. The molecule has 3 fully saturated rings. The molecule has 0 spiro atoms. The number of hydrogen-bond donors (Lipinski definition) is 0. The van der Waals surface area contributed by atoms with Crippen molar-refractivity contribution in [1.82, 2.24) is 14.7 Å². The van der Waals surface area contributed by atoms with Crippen LogP contribution in [0.5, 0.6) is 0 Å². The third-order valence-electron chi connectivity index (χ3n) is 6.85. The van der Waals surface area contributed by atoms with Crippen molar-refractivity contribution in [2.24, 2.45) is 11.8 Å². The van der Waals surface area contributed by atoms with Gasteiger partial charge in [0.15, 0.2) is 0 Å². The van der Waals surface area contributed by atoms with Gasteiger partial charge in [-0.05, 0) is 37.2 Å². The van der Waals surface area contributed by atoms with E-state index in [0.717, 1.165) is 58.4 Å². The van der Waals surface area contributed by atoms with Gasteiger partial charge in [0, 0.05) is 51.7 Å². The second-order valence-corrected chi connectivity index (χ2v) is 8.95. The fourth-order valence-electron chi connectivity index (χ4n) is 4.97. The van der Waals surface area contributed by atoms with E-state index in [1.807, 2.05) is 9.80 Å². The van der Waals surface area contributed by atoms with Crippen molar-refractivity contribution in [2.75, 3.05) is 32.7 Å². The number of piperidine rings is 2. The highest BCUT2D eigenvalue weighted by molar-refractivity contribution is 5.89. The lowest BCUT2D eigenvalue weighted by atomic mass is 9.97. The van der Waals surface area contributed by atoms with Crippen molar-refractivity contribution in [3.05, 3.63) is 35.9 Å². The lowest BCUT2D eigenvalue weighted by Crippen LogP contribution is -2.46. The van der Waals surface area contributed by atoms with E-state index in [-0.39, 0.29) is 17.7 Å². The van der Waals surface area contributed by atoms with Crippen molar-refractivity contribution in [1.29, 1.82) is 0 Å². The molecule has 4 rings (SSSR count). The third-order valence-corrected chi connectivity index (χ3v) is 6.85. The van der Waals surface area contributed by atoms with Gasteiger partial charge in [0.25, 0.3) is 0 Å². The SMILES string of the molecule is CC1CCN(C(=O)C2CC(=O)N(C3CCN(Cc4ccccc4)CC3)C2)CC1. The lowest BCUT2D eigenvalue weighted by Gasteiger charge is -2.37. The summed E-state index contributed by atoms with van der Waals surface area (Å²) in [6, 6.07) is 10.9. The summed E-state index contributed by atoms with van der Waals surface area (Å²) in [5.74, 6) is 0.990. The molecule has 28 heavy (non-hydrogen) atoms. The Bertz CT molecular complexity index is 676. The zero-order chi connectivity index (χ0) is 19.5. The molecule has 0 aliphatic carbocycles. The van der Waals surface area contributed by atoms with E-state index in [9.17, 15) is 9.59 Å². The van der Waals surface area contributed by atoms with E-state index in [2.05, 4.69) is 42.2 Å². The molecule has 0 radical (unpaired) electrons. The molecule has 1 aromatic carbocycles. The minimum atomic E-state index is -0.122. The number of nitrogens with zero attached hydrogens (tertiary/aromatic N) is 3. The highest BCUT2D eigenvalue weighted by Gasteiger charge is 2.40. The Morgan fingerprint density at radius 2 is 1.68 bits per heavy atom. The van der Waals surface area contributed by atoms with E-state index in [1.54, 1.807) is 0 Å². The molecule has 0 saturated carbocycles. The molecule has 5 heteroatoms. The third kappa shape index (κ3) is 4.40.